The molecule has 0 heterocycles. The van der Waals surface area contributed by atoms with Crippen LogP contribution in [0.1, 0.15) is 286 Å². The van der Waals surface area contributed by atoms with Gasteiger partial charge >= 0.3 is 17.9 Å². The molecule has 0 N–H and O–H groups in total. The standard InChI is InChI=1S/C53H102O6/c1-7-48(5)40-34-28-21-17-13-11-9-10-12-14-20-24-32-38-44-53(56)59-50(46-58-52(55)43-37-31-26-25-27-33-39-47(3)4)45-57-51(54)42-36-30-23-19-16-15-18-22-29-35-41-49(6)8-2/h47-50H,7-46H2,1-6H3/t48?,49?,50-/m1/s1. The molecule has 0 radical (unpaired) electrons. The van der Waals surface area contributed by atoms with Gasteiger partial charge in [-0.25, -0.2) is 0 Å². The zero-order chi connectivity index (χ0) is 43.4. The van der Waals surface area contributed by atoms with Crippen molar-refractivity contribution in [1.29, 1.82) is 0 Å². The smallest absolute Gasteiger partial charge is 0.306 e. The summed E-state index contributed by atoms with van der Waals surface area (Å²) < 4.78 is 16.8. The fourth-order valence-corrected chi connectivity index (χ4v) is 7.87. The molecule has 0 aromatic heterocycles. The predicted octanol–water partition coefficient (Wildman–Crippen LogP) is 16.8. The van der Waals surface area contributed by atoms with E-state index in [-0.39, 0.29) is 31.1 Å². The molecule has 3 atom stereocenters. The summed E-state index contributed by atoms with van der Waals surface area (Å²) in [5.74, 6) is 1.67. The summed E-state index contributed by atoms with van der Waals surface area (Å²) in [5.41, 5.74) is 0. The van der Waals surface area contributed by atoms with Gasteiger partial charge in [0.15, 0.2) is 6.10 Å². The lowest BCUT2D eigenvalue weighted by Gasteiger charge is -2.18. The summed E-state index contributed by atoms with van der Waals surface area (Å²) in [5, 5.41) is 0. The van der Waals surface area contributed by atoms with Crippen molar-refractivity contribution in [2.75, 3.05) is 13.2 Å². The van der Waals surface area contributed by atoms with Gasteiger partial charge in [-0.15, -0.1) is 0 Å². The third-order valence-corrected chi connectivity index (χ3v) is 12.6. The highest BCUT2D eigenvalue weighted by atomic mass is 16.6. The Hall–Kier alpha value is -1.59. The number of ether oxygens (including phenoxy) is 3. The number of unbranched alkanes of at least 4 members (excludes halogenated alkanes) is 27. The van der Waals surface area contributed by atoms with Gasteiger partial charge in [-0.05, 0) is 37.0 Å². The summed E-state index contributed by atoms with van der Waals surface area (Å²) >= 11 is 0. The second kappa shape index (κ2) is 44.5. The van der Waals surface area contributed by atoms with Crippen LogP contribution < -0.4 is 0 Å². The summed E-state index contributed by atoms with van der Waals surface area (Å²) in [6.07, 6.45) is 43.8. The lowest BCUT2D eigenvalue weighted by Crippen LogP contribution is -2.30. The molecule has 0 amide bonds. The van der Waals surface area contributed by atoms with Crippen LogP contribution in [-0.2, 0) is 28.6 Å². The predicted molar refractivity (Wildman–Crippen MR) is 252 cm³/mol. The van der Waals surface area contributed by atoms with Crippen molar-refractivity contribution in [2.24, 2.45) is 17.8 Å². The van der Waals surface area contributed by atoms with E-state index in [4.69, 9.17) is 14.2 Å². The Morgan fingerprint density at radius 2 is 0.593 bits per heavy atom. The van der Waals surface area contributed by atoms with E-state index in [0.29, 0.717) is 19.3 Å². The molecule has 59 heavy (non-hydrogen) atoms. The zero-order valence-corrected chi connectivity index (χ0v) is 40.5. The quantitative estimate of drug-likeness (QED) is 0.0345. The van der Waals surface area contributed by atoms with Gasteiger partial charge in [0.1, 0.15) is 13.2 Å². The normalized spacial score (nSPS) is 13.1. The Morgan fingerprint density at radius 3 is 0.881 bits per heavy atom. The van der Waals surface area contributed by atoms with E-state index in [1.54, 1.807) is 0 Å². The largest absolute Gasteiger partial charge is 0.462 e. The molecule has 0 bridgehead atoms. The SMILES string of the molecule is CCC(C)CCCCCCCCCCCCCCCCC(=O)O[C@H](COC(=O)CCCCCCCCCCCCC(C)CC)COC(=O)CCCCCCCCC(C)C. The number of carbonyl (C=O) groups is 3. The fourth-order valence-electron chi connectivity index (χ4n) is 7.87. The first kappa shape index (κ1) is 57.4. The minimum Gasteiger partial charge on any atom is -0.462 e. The first-order valence-corrected chi connectivity index (χ1v) is 26.2. The molecule has 0 fully saturated rings. The van der Waals surface area contributed by atoms with Crippen LogP contribution in [0.3, 0.4) is 0 Å². The van der Waals surface area contributed by atoms with Crippen molar-refractivity contribution in [1.82, 2.24) is 0 Å². The number of rotatable bonds is 46. The van der Waals surface area contributed by atoms with Gasteiger partial charge in [0.05, 0.1) is 0 Å². The van der Waals surface area contributed by atoms with Crippen LogP contribution in [0.15, 0.2) is 0 Å². The zero-order valence-electron chi connectivity index (χ0n) is 40.5. The van der Waals surface area contributed by atoms with E-state index >= 15 is 0 Å². The van der Waals surface area contributed by atoms with Gasteiger partial charge in [0.2, 0.25) is 0 Å². The van der Waals surface area contributed by atoms with E-state index < -0.39 is 6.10 Å². The van der Waals surface area contributed by atoms with Crippen LogP contribution >= 0.6 is 0 Å². The highest BCUT2D eigenvalue weighted by Gasteiger charge is 2.19. The van der Waals surface area contributed by atoms with Crippen LogP contribution in [0.25, 0.3) is 0 Å². The van der Waals surface area contributed by atoms with Crippen molar-refractivity contribution >= 4 is 17.9 Å². The molecule has 0 rings (SSSR count). The van der Waals surface area contributed by atoms with Gasteiger partial charge < -0.3 is 14.2 Å². The third-order valence-electron chi connectivity index (χ3n) is 12.6. The first-order valence-electron chi connectivity index (χ1n) is 26.2. The molecule has 0 aliphatic heterocycles. The van der Waals surface area contributed by atoms with Gasteiger partial charge in [-0.3, -0.25) is 14.4 Å². The first-order chi connectivity index (χ1) is 28.7. The Morgan fingerprint density at radius 1 is 0.339 bits per heavy atom. The third kappa shape index (κ3) is 44.3. The topological polar surface area (TPSA) is 78.9 Å². The van der Waals surface area contributed by atoms with Gasteiger partial charge in [0.25, 0.3) is 0 Å². The second-order valence-corrected chi connectivity index (χ2v) is 19.1. The van der Waals surface area contributed by atoms with Gasteiger partial charge in [-0.2, -0.15) is 0 Å². The number of hydrogen-bond acceptors (Lipinski definition) is 6. The maximum absolute atomic E-state index is 12.8. The molecule has 0 aromatic rings. The maximum atomic E-state index is 12.8. The summed E-state index contributed by atoms with van der Waals surface area (Å²) in [4.78, 5) is 37.9. The minimum atomic E-state index is -0.763. The van der Waals surface area contributed by atoms with Gasteiger partial charge in [0, 0.05) is 19.3 Å². The Kier molecular flexibility index (Phi) is 43.3. The summed E-state index contributed by atoms with van der Waals surface area (Å²) in [6.45, 7) is 13.7. The van der Waals surface area contributed by atoms with Gasteiger partial charge in [-0.1, -0.05) is 247 Å². The van der Waals surface area contributed by atoms with Crippen LogP contribution in [0.2, 0.25) is 0 Å². The highest BCUT2D eigenvalue weighted by Crippen LogP contribution is 2.18. The van der Waals surface area contributed by atoms with Crippen LogP contribution in [0, 0.1) is 17.8 Å². The van der Waals surface area contributed by atoms with Crippen molar-refractivity contribution in [3.63, 3.8) is 0 Å². The van der Waals surface area contributed by atoms with Crippen LogP contribution in [0.4, 0.5) is 0 Å². The Bertz CT molecular complexity index is 918. The van der Waals surface area contributed by atoms with Crippen LogP contribution in [-0.4, -0.2) is 37.2 Å². The lowest BCUT2D eigenvalue weighted by molar-refractivity contribution is -0.167. The molecule has 0 saturated carbocycles. The molecule has 0 aliphatic carbocycles. The summed E-state index contributed by atoms with van der Waals surface area (Å²) in [7, 11) is 0. The molecule has 350 valence electrons. The van der Waals surface area contributed by atoms with E-state index in [9.17, 15) is 14.4 Å². The second-order valence-electron chi connectivity index (χ2n) is 19.1. The lowest BCUT2D eigenvalue weighted by atomic mass is 9.99. The van der Waals surface area contributed by atoms with Crippen molar-refractivity contribution in [3.8, 4) is 0 Å². The molecule has 6 heteroatoms. The van der Waals surface area contributed by atoms with E-state index in [0.717, 1.165) is 75.5 Å². The van der Waals surface area contributed by atoms with E-state index in [1.165, 1.54) is 167 Å². The molecule has 0 aromatic carbocycles. The number of carbonyl (C=O) groups excluding carboxylic acids is 3. The molecule has 2 unspecified atom stereocenters. The monoisotopic (exact) mass is 835 g/mol. The Balaban J connectivity index is 4.27. The molecular weight excluding hydrogens is 733 g/mol. The van der Waals surface area contributed by atoms with Crippen molar-refractivity contribution in [2.45, 2.75) is 292 Å². The molecule has 0 spiro atoms. The fraction of sp³-hybridized carbons (Fsp3) is 0.943. The van der Waals surface area contributed by atoms with E-state index in [1.807, 2.05) is 0 Å². The number of hydrogen-bond donors (Lipinski definition) is 0. The highest BCUT2D eigenvalue weighted by molar-refractivity contribution is 5.71. The average molecular weight is 835 g/mol. The summed E-state index contributed by atoms with van der Waals surface area (Å²) in [6, 6.07) is 0. The molecule has 6 nitrogen and oxygen atoms in total. The van der Waals surface area contributed by atoms with E-state index in [2.05, 4.69) is 41.5 Å². The molecule has 0 saturated heterocycles. The van der Waals surface area contributed by atoms with Crippen molar-refractivity contribution in [3.05, 3.63) is 0 Å². The number of esters is 3. The Labute approximate surface area is 368 Å². The minimum absolute atomic E-state index is 0.0655. The van der Waals surface area contributed by atoms with Crippen molar-refractivity contribution < 1.29 is 28.6 Å². The average Bonchev–Trinajstić information content (AvgIpc) is 3.22. The molecular formula is C53H102O6. The maximum Gasteiger partial charge on any atom is 0.306 e. The van der Waals surface area contributed by atoms with Crippen LogP contribution in [0.5, 0.6) is 0 Å². The molecule has 0 aliphatic rings.